The van der Waals surface area contributed by atoms with Gasteiger partial charge in [0.15, 0.2) is 0 Å². The van der Waals surface area contributed by atoms with E-state index in [1.54, 1.807) is 6.33 Å². The zero-order valence-electron chi connectivity index (χ0n) is 8.89. The van der Waals surface area contributed by atoms with E-state index in [2.05, 4.69) is 50.1 Å². The molecule has 1 heterocycles. The molecule has 6 heteroatoms. The Bertz CT molecular complexity index is 568. The topological polar surface area (TPSA) is 41.7 Å². The molecule has 0 aliphatic rings. The van der Waals surface area contributed by atoms with Gasteiger partial charge in [-0.1, -0.05) is 22.0 Å². The summed E-state index contributed by atoms with van der Waals surface area (Å²) in [4.78, 5) is 4.37. The molecule has 1 aromatic heterocycles. The average Bonchev–Trinajstić information content (AvgIpc) is 2.70. The standard InChI is InChI=1S/C11H9BrN3S.Al/c12-8-1-2-9(7(3-8)4-13)11-10(5-16)14-6-15-11;/h1-4,6H,5H2,(H2-,13,14,15,16);/q-1;+1. The van der Waals surface area contributed by atoms with Crippen LogP contribution in [0.1, 0.15) is 11.3 Å². The van der Waals surface area contributed by atoms with Crippen molar-refractivity contribution < 1.29 is 0 Å². The molecule has 1 aromatic carbocycles. The van der Waals surface area contributed by atoms with Crippen molar-refractivity contribution in [3.63, 3.8) is 0 Å². The highest BCUT2D eigenvalue weighted by molar-refractivity contribution is 9.10. The Morgan fingerprint density at radius 3 is 2.94 bits per heavy atom. The van der Waals surface area contributed by atoms with E-state index in [9.17, 15) is 0 Å². The third-order valence-electron chi connectivity index (χ3n) is 2.47. The Kier molecular flexibility index (Phi) is 4.10. The summed E-state index contributed by atoms with van der Waals surface area (Å²) in [6, 6.07) is 5.82. The van der Waals surface area contributed by atoms with E-state index in [0.29, 0.717) is 5.75 Å². The molecule has 2 rings (SSSR count). The van der Waals surface area contributed by atoms with Crippen LogP contribution in [0.15, 0.2) is 29.0 Å². The lowest BCUT2D eigenvalue weighted by Crippen LogP contribution is -1.97. The highest BCUT2D eigenvalue weighted by atomic mass is 79.9. The molecule has 0 amide bonds. The average molecular weight is 322 g/mol. The van der Waals surface area contributed by atoms with Gasteiger partial charge in [0.05, 0.1) is 12.0 Å². The van der Waals surface area contributed by atoms with Crippen LogP contribution in [0.3, 0.4) is 0 Å². The van der Waals surface area contributed by atoms with Gasteiger partial charge < -0.3 is 8.96 Å². The van der Waals surface area contributed by atoms with Gasteiger partial charge in [-0.05, 0) is 12.1 Å². The first kappa shape index (κ1) is 12.9. The van der Waals surface area contributed by atoms with Crippen LogP contribution in [0.2, 0.25) is 0 Å². The number of benzene rings is 1. The first-order valence-corrected chi connectivity index (χ1v) is 6.84. The maximum absolute atomic E-state index is 7.46. The summed E-state index contributed by atoms with van der Waals surface area (Å²) in [5.41, 5.74) is 3.68. The van der Waals surface area contributed by atoms with Crippen molar-refractivity contribution in [2.45, 2.75) is 5.75 Å². The molecular weight excluding hydrogens is 313 g/mol. The summed E-state index contributed by atoms with van der Waals surface area (Å²) < 4.78 is 2.83. The van der Waals surface area contributed by atoms with Gasteiger partial charge in [-0.25, -0.2) is 4.98 Å². The molecule has 0 saturated heterocycles. The fourth-order valence-electron chi connectivity index (χ4n) is 1.64. The van der Waals surface area contributed by atoms with Crippen molar-refractivity contribution in [2.75, 3.05) is 0 Å². The van der Waals surface area contributed by atoms with Crippen LogP contribution in [0.25, 0.3) is 11.3 Å². The summed E-state index contributed by atoms with van der Waals surface area (Å²) in [6.45, 7) is 0. The Labute approximate surface area is 122 Å². The molecule has 0 spiro atoms. The van der Waals surface area contributed by atoms with E-state index in [0.717, 1.165) is 27.0 Å². The van der Waals surface area contributed by atoms with Gasteiger partial charge in [0.25, 0.3) is 0 Å². The molecule has 0 atom stereocenters. The maximum Gasteiger partial charge on any atom is 0.319 e. The van der Waals surface area contributed by atoms with Gasteiger partial charge in [-0.15, -0.1) is 0 Å². The molecule has 84 valence electrons. The quantitative estimate of drug-likeness (QED) is 0.509. The van der Waals surface area contributed by atoms with Crippen molar-refractivity contribution in [2.24, 2.45) is 0 Å². The summed E-state index contributed by atoms with van der Waals surface area (Å²) in [5.74, 6) is 0.604. The largest absolute Gasteiger partial charge is 0.445 e. The number of halogens is 1. The zero-order chi connectivity index (χ0) is 12.4. The molecule has 2 radical (unpaired) electrons. The zero-order valence-corrected chi connectivity index (χ0v) is 12.5. The fraction of sp³-hybridized carbons (Fsp3) is 0.0909. The lowest BCUT2D eigenvalue weighted by atomic mass is 10.0. The highest BCUT2D eigenvalue weighted by Gasteiger charge is 2.12. The van der Waals surface area contributed by atoms with Gasteiger partial charge in [0.1, 0.15) is 0 Å². The number of thiol groups is 1. The van der Waals surface area contributed by atoms with Crippen molar-refractivity contribution >= 4 is 51.3 Å². The first-order valence-electron chi connectivity index (χ1n) is 4.90. The van der Waals surface area contributed by atoms with Gasteiger partial charge in [0, 0.05) is 33.3 Å². The molecule has 3 nitrogen and oxygen atoms in total. The maximum atomic E-state index is 7.46. The van der Waals surface area contributed by atoms with E-state index in [-0.39, 0.29) is 0 Å². The second-order valence-electron chi connectivity index (χ2n) is 3.48. The van der Waals surface area contributed by atoms with Crippen LogP contribution in [0.4, 0.5) is 0 Å². The molecule has 0 bridgehead atoms. The highest BCUT2D eigenvalue weighted by Crippen LogP contribution is 2.27. The summed E-state index contributed by atoms with van der Waals surface area (Å²) in [7, 11) is 0. The van der Waals surface area contributed by atoms with Crippen molar-refractivity contribution in [1.29, 1.82) is 5.41 Å². The van der Waals surface area contributed by atoms with Crippen molar-refractivity contribution in [3.05, 3.63) is 40.3 Å². The van der Waals surface area contributed by atoms with Gasteiger partial charge in [-0.2, -0.15) is 12.6 Å². The second-order valence-corrected chi connectivity index (χ2v) is 5.27. The normalized spacial score (nSPS) is 10.5. The summed E-state index contributed by atoms with van der Waals surface area (Å²) >= 11 is 10.3. The number of hydrogen-bond acceptors (Lipinski definition) is 3. The molecule has 17 heavy (non-hydrogen) atoms. The predicted molar refractivity (Wildman–Crippen MR) is 77.1 cm³/mol. The lowest BCUT2D eigenvalue weighted by Gasteiger charge is -2.07. The Morgan fingerprint density at radius 1 is 1.53 bits per heavy atom. The van der Waals surface area contributed by atoms with Gasteiger partial charge in [0.2, 0.25) is 0 Å². The molecular formula is C11H9AlBrN3S. The monoisotopic (exact) mass is 321 g/mol. The third kappa shape index (κ3) is 2.50. The van der Waals surface area contributed by atoms with Crippen LogP contribution >= 0.6 is 28.6 Å². The van der Waals surface area contributed by atoms with E-state index >= 15 is 0 Å². The van der Waals surface area contributed by atoms with Crippen molar-refractivity contribution in [1.82, 2.24) is 8.53 Å². The van der Waals surface area contributed by atoms with Crippen LogP contribution in [0, 0.1) is 5.41 Å². The van der Waals surface area contributed by atoms with E-state index in [1.807, 2.05) is 21.7 Å². The number of rotatable bonds is 3. The fourth-order valence-corrected chi connectivity index (χ4v) is 2.76. The smallest absolute Gasteiger partial charge is 0.319 e. The van der Waals surface area contributed by atoms with E-state index < -0.39 is 0 Å². The minimum Gasteiger partial charge on any atom is -0.445 e. The van der Waals surface area contributed by atoms with Crippen LogP contribution in [-0.4, -0.2) is 31.3 Å². The molecule has 0 unspecified atom stereocenters. The number of aromatic nitrogens is 2. The van der Waals surface area contributed by atoms with Crippen LogP contribution < -0.4 is 0 Å². The minimum atomic E-state index is 0.604. The third-order valence-corrected chi connectivity index (χ3v) is 3.71. The molecule has 0 saturated carbocycles. The summed E-state index contributed by atoms with van der Waals surface area (Å²) in [5, 5.41) is 7.46. The SMILES string of the molecule is N=Cc1cc(Br)ccc1-c1nc[n]([Al])c1CS. The van der Waals surface area contributed by atoms with Crippen LogP contribution in [-0.2, 0) is 5.75 Å². The molecule has 1 N–H and O–H groups in total. The first-order chi connectivity index (χ1) is 8.17. The second kappa shape index (κ2) is 5.40. The van der Waals surface area contributed by atoms with Gasteiger partial charge in [-0.3, -0.25) is 0 Å². The number of hydrogen-bond donors (Lipinski definition) is 2. The molecule has 0 aliphatic heterocycles. The summed E-state index contributed by atoms with van der Waals surface area (Å²) in [6.07, 6.45) is 3.07. The van der Waals surface area contributed by atoms with E-state index in [1.165, 1.54) is 6.21 Å². The Hall–Kier alpha value is -0.538. The Morgan fingerprint density at radius 2 is 2.29 bits per heavy atom. The van der Waals surface area contributed by atoms with Crippen LogP contribution in [0.5, 0.6) is 0 Å². The Balaban J connectivity index is 2.63. The molecule has 0 fully saturated rings. The predicted octanol–water partition coefficient (Wildman–Crippen LogP) is 2.67. The number of nitrogens with zero attached hydrogens (tertiary/aromatic N) is 2. The van der Waals surface area contributed by atoms with E-state index in [4.69, 9.17) is 5.41 Å². The van der Waals surface area contributed by atoms with Gasteiger partial charge >= 0.3 is 16.5 Å². The number of nitrogens with one attached hydrogen (secondary N) is 1. The molecule has 0 aliphatic carbocycles. The minimum absolute atomic E-state index is 0.604. The lowest BCUT2D eigenvalue weighted by molar-refractivity contribution is 1.13. The molecule has 2 aromatic rings. The van der Waals surface area contributed by atoms with Crippen molar-refractivity contribution in [3.8, 4) is 11.3 Å². The number of imidazole rings is 1.